The van der Waals surface area contributed by atoms with Crippen LogP contribution < -0.4 is 10.0 Å². The Hall–Kier alpha value is -3.09. The zero-order valence-corrected chi connectivity index (χ0v) is 21.8. The molecule has 6 rings (SSSR count). The number of allylic oxidation sites excluding steroid dienone is 2. The quantitative estimate of drug-likeness (QED) is 0.290. The predicted octanol–water partition coefficient (Wildman–Crippen LogP) is 6.72. The maximum absolute atomic E-state index is 13.0. The highest BCUT2D eigenvalue weighted by atomic mass is 32.2. The van der Waals surface area contributed by atoms with Crippen LogP contribution in [0.15, 0.2) is 77.7 Å². The van der Waals surface area contributed by atoms with Gasteiger partial charge >= 0.3 is 0 Å². The van der Waals surface area contributed by atoms with Gasteiger partial charge < -0.3 is 9.88 Å². The van der Waals surface area contributed by atoms with Crippen molar-refractivity contribution in [2.45, 2.75) is 63.1 Å². The predicted molar refractivity (Wildman–Crippen MR) is 148 cm³/mol. The second-order valence-electron chi connectivity index (χ2n) is 10.2. The standard InChI is InChI=1S/C30H33N3O2S/c1-4-19(3)32-36(34,35)21-14-15-27-25(18-21)22-10-8-11-24(22)30(31-27)20-13-16-29-26(17-20)23-9-6-7-12-28(23)33(29)5-2/h6-10,12-19,22,24,30-32H,4-5,11H2,1-3H3. The molecule has 2 heterocycles. The summed E-state index contributed by atoms with van der Waals surface area (Å²) in [5.74, 6) is 0.535. The number of nitrogens with zero attached hydrogens (tertiary/aromatic N) is 1. The van der Waals surface area contributed by atoms with Crippen molar-refractivity contribution in [3.8, 4) is 0 Å². The zero-order valence-electron chi connectivity index (χ0n) is 21.0. The number of benzene rings is 3. The molecule has 1 aliphatic heterocycles. The van der Waals surface area contributed by atoms with Gasteiger partial charge in [0, 0.05) is 46.0 Å². The molecule has 1 aliphatic carbocycles. The van der Waals surface area contributed by atoms with Crippen molar-refractivity contribution in [3.05, 3.63) is 83.9 Å². The largest absolute Gasteiger partial charge is 0.378 e. The number of rotatable bonds is 6. The Labute approximate surface area is 213 Å². The molecule has 186 valence electrons. The topological polar surface area (TPSA) is 63.1 Å². The Morgan fingerprint density at radius 1 is 1.03 bits per heavy atom. The van der Waals surface area contributed by atoms with Crippen LogP contribution in [0.3, 0.4) is 0 Å². The van der Waals surface area contributed by atoms with Gasteiger partial charge in [0.05, 0.1) is 10.9 Å². The van der Waals surface area contributed by atoms with Gasteiger partial charge in [0.15, 0.2) is 0 Å². The fourth-order valence-electron chi connectivity index (χ4n) is 6.09. The van der Waals surface area contributed by atoms with E-state index in [0.29, 0.717) is 10.8 Å². The van der Waals surface area contributed by atoms with E-state index in [1.807, 2.05) is 26.0 Å². The van der Waals surface area contributed by atoms with Crippen molar-refractivity contribution in [2.24, 2.45) is 5.92 Å². The van der Waals surface area contributed by atoms with Gasteiger partial charge in [-0.3, -0.25) is 0 Å². The molecule has 0 bridgehead atoms. The van der Waals surface area contributed by atoms with Crippen LogP contribution in [0.5, 0.6) is 0 Å². The number of sulfonamides is 1. The summed E-state index contributed by atoms with van der Waals surface area (Å²) in [5, 5.41) is 6.37. The molecule has 5 nitrogen and oxygen atoms in total. The first-order chi connectivity index (χ1) is 17.4. The number of fused-ring (bicyclic) bond motifs is 6. The van der Waals surface area contributed by atoms with Crippen LogP contribution in [-0.4, -0.2) is 19.0 Å². The number of aromatic nitrogens is 1. The van der Waals surface area contributed by atoms with Gasteiger partial charge in [0.25, 0.3) is 0 Å². The minimum Gasteiger partial charge on any atom is -0.378 e. The molecule has 4 aromatic rings. The van der Waals surface area contributed by atoms with E-state index in [2.05, 4.69) is 76.1 Å². The minimum absolute atomic E-state index is 0.0961. The Kier molecular flexibility index (Phi) is 5.69. The summed E-state index contributed by atoms with van der Waals surface area (Å²) in [7, 11) is -3.55. The van der Waals surface area contributed by atoms with Crippen LogP contribution in [0.1, 0.15) is 56.7 Å². The monoisotopic (exact) mass is 499 g/mol. The van der Waals surface area contributed by atoms with Gasteiger partial charge in [-0.05, 0) is 80.1 Å². The van der Waals surface area contributed by atoms with Crippen molar-refractivity contribution in [2.75, 3.05) is 5.32 Å². The second kappa shape index (κ2) is 8.79. The first-order valence-corrected chi connectivity index (χ1v) is 14.5. The second-order valence-corrected chi connectivity index (χ2v) is 11.9. The van der Waals surface area contributed by atoms with E-state index in [0.717, 1.165) is 30.6 Å². The highest BCUT2D eigenvalue weighted by molar-refractivity contribution is 7.89. The maximum atomic E-state index is 13.0. The zero-order chi connectivity index (χ0) is 25.0. The summed E-state index contributed by atoms with van der Waals surface area (Å²) in [5.41, 5.74) is 5.91. The molecule has 2 N–H and O–H groups in total. The van der Waals surface area contributed by atoms with E-state index in [9.17, 15) is 8.42 Å². The van der Waals surface area contributed by atoms with E-state index < -0.39 is 10.0 Å². The molecule has 2 aliphatic rings. The van der Waals surface area contributed by atoms with Crippen molar-refractivity contribution in [1.82, 2.24) is 9.29 Å². The molecular formula is C30H33N3O2S. The third kappa shape index (κ3) is 3.66. The SMILES string of the molecule is CCC(C)NS(=O)(=O)c1ccc2c(c1)C1C=CCC1C(c1ccc3c(c1)c1ccccc1n3CC)N2. The van der Waals surface area contributed by atoms with Crippen LogP contribution in [-0.2, 0) is 16.6 Å². The van der Waals surface area contributed by atoms with Crippen molar-refractivity contribution in [1.29, 1.82) is 0 Å². The lowest BCUT2D eigenvalue weighted by atomic mass is 9.77. The van der Waals surface area contributed by atoms with E-state index in [4.69, 9.17) is 0 Å². The molecule has 4 atom stereocenters. The minimum atomic E-state index is -3.55. The van der Waals surface area contributed by atoms with Gasteiger partial charge in [-0.25, -0.2) is 13.1 Å². The van der Waals surface area contributed by atoms with Crippen molar-refractivity contribution in [3.63, 3.8) is 0 Å². The van der Waals surface area contributed by atoms with Gasteiger partial charge in [0.1, 0.15) is 0 Å². The maximum Gasteiger partial charge on any atom is 0.240 e. The fraction of sp³-hybridized carbons (Fsp3) is 0.333. The molecule has 0 saturated carbocycles. The molecule has 0 radical (unpaired) electrons. The number of aryl methyl sites for hydroxylation is 1. The van der Waals surface area contributed by atoms with Gasteiger partial charge in [-0.15, -0.1) is 0 Å². The number of hydrogen-bond acceptors (Lipinski definition) is 3. The molecule has 36 heavy (non-hydrogen) atoms. The number of anilines is 1. The summed E-state index contributed by atoms with van der Waals surface area (Å²) in [4.78, 5) is 0.342. The van der Waals surface area contributed by atoms with E-state index in [1.54, 1.807) is 6.07 Å². The average molecular weight is 500 g/mol. The first-order valence-electron chi connectivity index (χ1n) is 13.0. The van der Waals surface area contributed by atoms with Crippen LogP contribution >= 0.6 is 0 Å². The van der Waals surface area contributed by atoms with Crippen LogP contribution in [0.25, 0.3) is 21.8 Å². The Morgan fingerprint density at radius 2 is 1.83 bits per heavy atom. The Bertz CT molecular complexity index is 1600. The summed E-state index contributed by atoms with van der Waals surface area (Å²) in [6.45, 7) is 7.01. The van der Waals surface area contributed by atoms with Crippen LogP contribution in [0.4, 0.5) is 5.69 Å². The molecule has 0 spiro atoms. The van der Waals surface area contributed by atoms with E-state index >= 15 is 0 Å². The van der Waals surface area contributed by atoms with Crippen LogP contribution in [0.2, 0.25) is 0 Å². The molecule has 3 aromatic carbocycles. The highest BCUT2D eigenvalue weighted by Gasteiger charge is 2.38. The molecular weight excluding hydrogens is 466 g/mol. The number of nitrogens with one attached hydrogen (secondary N) is 2. The highest BCUT2D eigenvalue weighted by Crippen LogP contribution is 2.50. The molecule has 0 fully saturated rings. The molecule has 0 saturated heterocycles. The third-order valence-corrected chi connectivity index (χ3v) is 9.67. The molecule has 1 aromatic heterocycles. The van der Waals surface area contributed by atoms with E-state index in [-0.39, 0.29) is 18.0 Å². The third-order valence-electron chi connectivity index (χ3n) is 8.09. The summed E-state index contributed by atoms with van der Waals surface area (Å²) in [6.07, 6.45) is 6.23. The van der Waals surface area contributed by atoms with E-state index in [1.165, 1.54) is 27.4 Å². The summed E-state index contributed by atoms with van der Waals surface area (Å²) >= 11 is 0. The molecule has 4 unspecified atom stereocenters. The summed E-state index contributed by atoms with van der Waals surface area (Å²) in [6, 6.07) is 21.1. The van der Waals surface area contributed by atoms with Gasteiger partial charge in [-0.2, -0.15) is 0 Å². The first kappa shape index (κ1) is 23.3. The van der Waals surface area contributed by atoms with Crippen molar-refractivity contribution < 1.29 is 8.42 Å². The molecule has 0 amide bonds. The number of para-hydroxylation sites is 1. The van der Waals surface area contributed by atoms with Gasteiger partial charge in [0.2, 0.25) is 10.0 Å². The Morgan fingerprint density at radius 3 is 2.64 bits per heavy atom. The van der Waals surface area contributed by atoms with Gasteiger partial charge in [-0.1, -0.05) is 43.3 Å². The van der Waals surface area contributed by atoms with Crippen molar-refractivity contribution >= 4 is 37.5 Å². The lowest BCUT2D eigenvalue weighted by molar-refractivity contribution is 0.425. The normalized spacial score (nSPS) is 21.9. The lowest BCUT2D eigenvalue weighted by Crippen LogP contribution is -2.33. The Balaban J connectivity index is 1.41. The number of hydrogen-bond donors (Lipinski definition) is 2. The fourth-order valence-corrected chi connectivity index (χ4v) is 7.45. The lowest BCUT2D eigenvalue weighted by Gasteiger charge is -2.37. The van der Waals surface area contributed by atoms with Crippen LogP contribution in [0, 0.1) is 5.92 Å². The molecule has 6 heteroatoms. The summed E-state index contributed by atoms with van der Waals surface area (Å²) < 4.78 is 31.1. The average Bonchev–Trinajstić information content (AvgIpc) is 3.50. The smallest absolute Gasteiger partial charge is 0.240 e.